The minimum Gasteiger partial charge on any atom is -0.312 e. The molecule has 0 atom stereocenters. The first-order valence-corrected chi connectivity index (χ1v) is 5.24. The molecule has 86 valence electrons. The lowest BCUT2D eigenvalue weighted by molar-refractivity contribution is 0.254. The summed E-state index contributed by atoms with van der Waals surface area (Å²) in [5.74, 6) is 0. The minimum atomic E-state index is -0.310. The quantitative estimate of drug-likeness (QED) is 0.828. The van der Waals surface area contributed by atoms with Gasteiger partial charge in [-0.2, -0.15) is 0 Å². The van der Waals surface area contributed by atoms with Crippen LogP contribution in [-0.2, 0) is 0 Å². The molecule has 2 amide bonds. The molecule has 1 aromatic carbocycles. The molecule has 2 aromatic rings. The van der Waals surface area contributed by atoms with Gasteiger partial charge in [0.25, 0.3) is 0 Å². The molecule has 0 unspecified atom stereocenters. The fourth-order valence-corrected chi connectivity index (χ4v) is 1.55. The van der Waals surface area contributed by atoms with Crippen LogP contribution in [0.3, 0.4) is 0 Å². The number of hydrogen-bond acceptors (Lipinski definition) is 2. The normalized spacial score (nSPS) is 9.94. The van der Waals surface area contributed by atoms with Crippen molar-refractivity contribution >= 4 is 22.6 Å². The van der Waals surface area contributed by atoms with Gasteiger partial charge in [0.2, 0.25) is 0 Å². The molecular weight excluding hydrogens is 214 g/mol. The van der Waals surface area contributed by atoms with E-state index in [-0.39, 0.29) is 6.03 Å². The van der Waals surface area contributed by atoms with Crippen LogP contribution in [0.25, 0.3) is 10.9 Å². The van der Waals surface area contributed by atoms with E-state index in [4.69, 9.17) is 0 Å². The number of aromatic nitrogens is 1. The Bertz CT molecular complexity index is 572. The molecule has 1 aromatic heterocycles. The van der Waals surface area contributed by atoms with Crippen molar-refractivity contribution in [2.24, 2.45) is 0 Å². The van der Waals surface area contributed by atoms with Crippen molar-refractivity contribution in [1.29, 1.82) is 0 Å². The number of anilines is 1. The van der Waals surface area contributed by atoms with Gasteiger partial charge in [-0.05, 0) is 19.1 Å². The van der Waals surface area contributed by atoms with Crippen LogP contribution >= 0.6 is 0 Å². The number of urea groups is 1. The van der Waals surface area contributed by atoms with Crippen LogP contribution in [0, 0.1) is 0 Å². The highest BCUT2D eigenvalue weighted by molar-refractivity contribution is 5.99. The lowest BCUT2D eigenvalue weighted by Crippen LogP contribution is -2.26. The molecule has 4 nitrogen and oxygen atoms in total. The Morgan fingerprint density at radius 2 is 2.06 bits per heavy atom. The van der Waals surface area contributed by atoms with Crippen LogP contribution in [0.4, 0.5) is 10.5 Å². The van der Waals surface area contributed by atoms with Gasteiger partial charge in [-0.1, -0.05) is 24.8 Å². The Morgan fingerprint density at radius 1 is 1.29 bits per heavy atom. The standard InChI is InChI=1S/C13H13N3O/c1-9(2)15-13(17)16-11-7-3-5-10-6-4-8-14-12(10)11/h3-8H,1H2,2H3,(H2,15,16,17). The van der Waals surface area contributed by atoms with Gasteiger partial charge in [-0.15, -0.1) is 0 Å². The van der Waals surface area contributed by atoms with Crippen molar-refractivity contribution in [3.05, 3.63) is 48.8 Å². The molecule has 0 fully saturated rings. The summed E-state index contributed by atoms with van der Waals surface area (Å²) in [4.78, 5) is 15.8. The van der Waals surface area contributed by atoms with Crippen molar-refractivity contribution in [3.63, 3.8) is 0 Å². The summed E-state index contributed by atoms with van der Waals surface area (Å²) in [6, 6.07) is 9.14. The summed E-state index contributed by atoms with van der Waals surface area (Å²) in [6.07, 6.45) is 1.70. The molecule has 4 heteroatoms. The Hall–Kier alpha value is -2.36. The first kappa shape index (κ1) is 11.1. The van der Waals surface area contributed by atoms with Crippen molar-refractivity contribution in [3.8, 4) is 0 Å². The van der Waals surface area contributed by atoms with Gasteiger partial charge in [0.15, 0.2) is 0 Å². The highest BCUT2D eigenvalue weighted by Gasteiger charge is 2.05. The summed E-state index contributed by atoms with van der Waals surface area (Å²) in [6.45, 7) is 5.33. The van der Waals surface area contributed by atoms with E-state index in [0.29, 0.717) is 11.4 Å². The van der Waals surface area contributed by atoms with E-state index in [9.17, 15) is 4.79 Å². The Balaban J connectivity index is 2.30. The van der Waals surface area contributed by atoms with E-state index in [1.54, 1.807) is 13.1 Å². The summed E-state index contributed by atoms with van der Waals surface area (Å²) in [5.41, 5.74) is 2.05. The molecule has 0 saturated heterocycles. The Kier molecular flexibility index (Phi) is 3.05. The van der Waals surface area contributed by atoms with Gasteiger partial charge >= 0.3 is 6.03 Å². The predicted octanol–water partition coefficient (Wildman–Crippen LogP) is 2.89. The van der Waals surface area contributed by atoms with E-state index < -0.39 is 0 Å². The third-order valence-corrected chi connectivity index (χ3v) is 2.21. The monoisotopic (exact) mass is 227 g/mol. The molecule has 0 aliphatic rings. The Morgan fingerprint density at radius 3 is 2.82 bits per heavy atom. The number of carbonyl (C=O) groups is 1. The van der Waals surface area contributed by atoms with E-state index >= 15 is 0 Å². The SMILES string of the molecule is C=C(C)NC(=O)Nc1cccc2cccnc12. The smallest absolute Gasteiger partial charge is 0.312 e. The lowest BCUT2D eigenvalue weighted by Gasteiger charge is -2.08. The molecule has 17 heavy (non-hydrogen) atoms. The second-order valence-electron chi connectivity index (χ2n) is 3.74. The maximum Gasteiger partial charge on any atom is 0.323 e. The van der Waals surface area contributed by atoms with E-state index in [1.165, 1.54) is 0 Å². The predicted molar refractivity (Wildman–Crippen MR) is 68.7 cm³/mol. The maximum absolute atomic E-state index is 11.6. The average Bonchev–Trinajstić information content (AvgIpc) is 2.28. The second-order valence-corrected chi connectivity index (χ2v) is 3.74. The maximum atomic E-state index is 11.6. The van der Waals surface area contributed by atoms with Crippen molar-refractivity contribution in [2.75, 3.05) is 5.32 Å². The molecule has 1 heterocycles. The molecule has 0 bridgehead atoms. The molecule has 0 saturated carbocycles. The molecule has 0 spiro atoms. The average molecular weight is 227 g/mol. The van der Waals surface area contributed by atoms with Gasteiger partial charge < -0.3 is 10.6 Å². The van der Waals surface area contributed by atoms with Gasteiger partial charge in [0, 0.05) is 17.3 Å². The third-order valence-electron chi connectivity index (χ3n) is 2.21. The van der Waals surface area contributed by atoms with Crippen molar-refractivity contribution < 1.29 is 4.79 Å². The number of rotatable bonds is 2. The number of benzene rings is 1. The molecule has 2 N–H and O–H groups in total. The zero-order valence-corrected chi connectivity index (χ0v) is 9.53. The fourth-order valence-electron chi connectivity index (χ4n) is 1.55. The topological polar surface area (TPSA) is 54.0 Å². The van der Waals surface area contributed by atoms with E-state index in [2.05, 4.69) is 22.2 Å². The van der Waals surface area contributed by atoms with Crippen molar-refractivity contribution in [1.82, 2.24) is 10.3 Å². The van der Waals surface area contributed by atoms with E-state index in [0.717, 1.165) is 10.9 Å². The lowest BCUT2D eigenvalue weighted by atomic mass is 10.2. The number of allylic oxidation sites excluding steroid dienone is 1. The van der Waals surface area contributed by atoms with Crippen LogP contribution in [0.2, 0.25) is 0 Å². The minimum absolute atomic E-state index is 0.310. The number of fused-ring (bicyclic) bond motifs is 1. The first-order valence-electron chi connectivity index (χ1n) is 5.24. The molecule has 0 radical (unpaired) electrons. The number of nitrogens with one attached hydrogen (secondary N) is 2. The van der Waals surface area contributed by atoms with Gasteiger partial charge in [-0.25, -0.2) is 4.79 Å². The number of carbonyl (C=O) groups excluding carboxylic acids is 1. The largest absolute Gasteiger partial charge is 0.323 e. The van der Waals surface area contributed by atoms with E-state index in [1.807, 2.05) is 30.3 Å². The summed E-state index contributed by atoms with van der Waals surface area (Å²) >= 11 is 0. The second kappa shape index (κ2) is 4.65. The number of pyridine rings is 1. The highest BCUT2D eigenvalue weighted by atomic mass is 16.2. The fraction of sp³-hybridized carbons (Fsp3) is 0.0769. The first-order chi connectivity index (χ1) is 8.16. The van der Waals surface area contributed by atoms with Crippen LogP contribution in [0.15, 0.2) is 48.8 Å². The van der Waals surface area contributed by atoms with Gasteiger partial charge in [-0.3, -0.25) is 4.98 Å². The van der Waals surface area contributed by atoms with Crippen LogP contribution in [0.5, 0.6) is 0 Å². The zero-order valence-electron chi connectivity index (χ0n) is 9.53. The highest BCUT2D eigenvalue weighted by Crippen LogP contribution is 2.20. The van der Waals surface area contributed by atoms with Crippen LogP contribution < -0.4 is 10.6 Å². The molecular formula is C13H13N3O. The molecule has 0 aliphatic heterocycles. The van der Waals surface area contributed by atoms with Gasteiger partial charge in [0.05, 0.1) is 11.2 Å². The summed E-state index contributed by atoms with van der Waals surface area (Å²) in [5, 5.41) is 6.31. The number of hydrogen-bond donors (Lipinski definition) is 2. The number of nitrogens with zero attached hydrogens (tertiary/aromatic N) is 1. The zero-order chi connectivity index (χ0) is 12.3. The van der Waals surface area contributed by atoms with Crippen LogP contribution in [-0.4, -0.2) is 11.0 Å². The number of amides is 2. The number of para-hydroxylation sites is 1. The van der Waals surface area contributed by atoms with Gasteiger partial charge in [0.1, 0.15) is 0 Å². The third kappa shape index (κ3) is 2.60. The summed E-state index contributed by atoms with van der Waals surface area (Å²) < 4.78 is 0. The Labute approximate surface area is 99.4 Å². The molecule has 0 aliphatic carbocycles. The summed E-state index contributed by atoms with van der Waals surface area (Å²) in [7, 11) is 0. The van der Waals surface area contributed by atoms with Crippen molar-refractivity contribution in [2.45, 2.75) is 6.92 Å². The molecule has 2 rings (SSSR count). The van der Waals surface area contributed by atoms with Crippen LogP contribution in [0.1, 0.15) is 6.92 Å².